The molecule has 5 nitrogen and oxygen atoms in total. The van der Waals surface area contributed by atoms with Gasteiger partial charge in [-0.1, -0.05) is 67.4 Å². The van der Waals surface area contributed by atoms with Crippen LogP contribution in [0.15, 0.2) is 58.7 Å². The molecule has 0 aliphatic carbocycles. The largest absolute Gasteiger partial charge is 0.497 e. The quantitative estimate of drug-likeness (QED) is 0.418. The summed E-state index contributed by atoms with van der Waals surface area (Å²) in [7, 11) is 1.64. The summed E-state index contributed by atoms with van der Waals surface area (Å²) >= 11 is 7.41. The number of rotatable bonds is 8. The Kier molecular flexibility index (Phi) is 7.72. The smallest absolute Gasteiger partial charge is 0.242 e. The van der Waals surface area contributed by atoms with Gasteiger partial charge in [-0.25, -0.2) is 0 Å². The Balaban J connectivity index is 1.78. The maximum Gasteiger partial charge on any atom is 0.242 e. The zero-order valence-electron chi connectivity index (χ0n) is 16.5. The minimum Gasteiger partial charge on any atom is -0.497 e. The van der Waals surface area contributed by atoms with Crippen LogP contribution >= 0.6 is 23.4 Å². The maximum atomic E-state index is 13.0. The van der Waals surface area contributed by atoms with Gasteiger partial charge in [0.2, 0.25) is 5.91 Å². The van der Waals surface area contributed by atoms with Crippen molar-refractivity contribution in [1.82, 2.24) is 4.90 Å². The van der Waals surface area contributed by atoms with E-state index < -0.39 is 0 Å². The van der Waals surface area contributed by atoms with Crippen molar-refractivity contribution in [3.63, 3.8) is 0 Å². The predicted octanol–water partition coefficient (Wildman–Crippen LogP) is 5.37. The molecular formula is C22H24ClN3O2S. The number of benzene rings is 2. The van der Waals surface area contributed by atoms with Gasteiger partial charge in [-0.05, 0) is 41.8 Å². The van der Waals surface area contributed by atoms with Crippen molar-refractivity contribution >= 4 is 40.7 Å². The molecule has 0 aromatic heterocycles. The SMILES string of the molecule is CCCCC1S/C(=N\N=C\c2ccc(Cl)cc2)N(Cc2ccc(OC)cc2)C1=O. The Morgan fingerprint density at radius 3 is 2.55 bits per heavy atom. The van der Waals surface area contributed by atoms with Gasteiger partial charge in [0.05, 0.1) is 25.1 Å². The first kappa shape index (κ1) is 21.4. The van der Waals surface area contributed by atoms with Crippen LogP contribution in [0.3, 0.4) is 0 Å². The molecule has 0 radical (unpaired) electrons. The number of halogens is 1. The molecule has 1 aliphatic rings. The molecule has 1 amide bonds. The summed E-state index contributed by atoms with van der Waals surface area (Å²) in [5, 5.41) is 9.78. The van der Waals surface area contributed by atoms with E-state index in [4.69, 9.17) is 16.3 Å². The summed E-state index contributed by atoms with van der Waals surface area (Å²) in [5.74, 6) is 0.887. The molecule has 1 aliphatic heterocycles. The number of amides is 1. The van der Waals surface area contributed by atoms with E-state index >= 15 is 0 Å². The third kappa shape index (κ3) is 5.84. The number of nitrogens with zero attached hydrogens (tertiary/aromatic N) is 3. The summed E-state index contributed by atoms with van der Waals surface area (Å²) in [6, 6.07) is 15.1. The highest BCUT2D eigenvalue weighted by Crippen LogP contribution is 2.32. The standard InChI is InChI=1S/C22H24ClN3O2S/c1-3-4-5-20-21(27)26(15-17-8-12-19(28-2)13-9-17)22(29-20)25-24-14-16-6-10-18(23)11-7-16/h6-14,20H,3-5,15H2,1-2H3/b24-14+,25-22-. The van der Waals surface area contributed by atoms with Gasteiger partial charge in [-0.2, -0.15) is 5.10 Å². The molecule has 1 saturated heterocycles. The average Bonchev–Trinajstić information content (AvgIpc) is 3.03. The highest BCUT2D eigenvalue weighted by atomic mass is 35.5. The van der Waals surface area contributed by atoms with E-state index in [1.54, 1.807) is 30.4 Å². The first-order chi connectivity index (χ1) is 14.1. The molecule has 7 heteroatoms. The number of carbonyl (C=O) groups is 1. The number of thioether (sulfide) groups is 1. The van der Waals surface area contributed by atoms with Gasteiger partial charge in [-0.15, -0.1) is 5.10 Å². The fourth-order valence-electron chi connectivity index (χ4n) is 2.91. The molecule has 152 valence electrons. The number of methoxy groups -OCH3 is 1. The lowest BCUT2D eigenvalue weighted by molar-refractivity contribution is -0.126. The number of amidine groups is 1. The summed E-state index contributed by atoms with van der Waals surface area (Å²) < 4.78 is 5.21. The van der Waals surface area contributed by atoms with Crippen molar-refractivity contribution in [3.8, 4) is 5.75 Å². The normalized spacial score (nSPS) is 18.2. The van der Waals surface area contributed by atoms with E-state index in [0.29, 0.717) is 16.7 Å². The third-order valence-corrected chi connectivity index (χ3v) is 6.05. The lowest BCUT2D eigenvalue weighted by Gasteiger charge is -2.16. The maximum absolute atomic E-state index is 13.0. The fraction of sp³-hybridized carbons (Fsp3) is 0.318. The number of hydrogen-bond donors (Lipinski definition) is 0. The van der Waals surface area contributed by atoms with Crippen LogP contribution < -0.4 is 4.74 Å². The fourth-order valence-corrected chi connectivity index (χ4v) is 4.18. The molecule has 1 unspecified atom stereocenters. The average molecular weight is 430 g/mol. The van der Waals surface area contributed by atoms with Crippen LogP contribution in [0.4, 0.5) is 0 Å². The Hall–Kier alpha value is -2.31. The molecule has 2 aromatic rings. The van der Waals surface area contributed by atoms with Crippen molar-refractivity contribution in [2.75, 3.05) is 7.11 Å². The molecular weight excluding hydrogens is 406 g/mol. The second-order valence-corrected chi connectivity index (χ2v) is 8.31. The van der Waals surface area contributed by atoms with E-state index in [0.717, 1.165) is 36.1 Å². The van der Waals surface area contributed by atoms with Crippen molar-refractivity contribution < 1.29 is 9.53 Å². The van der Waals surface area contributed by atoms with E-state index in [1.165, 1.54) is 11.8 Å². The van der Waals surface area contributed by atoms with Crippen molar-refractivity contribution in [2.24, 2.45) is 10.2 Å². The number of ether oxygens (including phenoxy) is 1. The molecule has 1 fully saturated rings. The van der Waals surface area contributed by atoms with Crippen LogP contribution in [0.25, 0.3) is 0 Å². The van der Waals surface area contributed by atoms with E-state index in [1.807, 2.05) is 36.4 Å². The predicted molar refractivity (Wildman–Crippen MR) is 121 cm³/mol. The lowest BCUT2D eigenvalue weighted by Crippen LogP contribution is -2.31. The molecule has 0 N–H and O–H groups in total. The molecule has 0 saturated carbocycles. The van der Waals surface area contributed by atoms with E-state index in [9.17, 15) is 4.79 Å². The topological polar surface area (TPSA) is 54.3 Å². The number of unbranched alkanes of at least 4 members (excludes halogenated alkanes) is 1. The third-order valence-electron chi connectivity index (χ3n) is 4.56. The van der Waals surface area contributed by atoms with Gasteiger partial charge in [-0.3, -0.25) is 9.69 Å². The monoisotopic (exact) mass is 429 g/mol. The van der Waals surface area contributed by atoms with Crippen LogP contribution in [-0.4, -0.2) is 34.5 Å². The zero-order valence-corrected chi connectivity index (χ0v) is 18.1. The molecule has 3 rings (SSSR count). The Morgan fingerprint density at radius 1 is 1.17 bits per heavy atom. The van der Waals surface area contributed by atoms with Gasteiger partial charge >= 0.3 is 0 Å². The minimum atomic E-state index is -0.0994. The summed E-state index contributed by atoms with van der Waals surface area (Å²) in [4.78, 5) is 14.7. The second-order valence-electron chi connectivity index (χ2n) is 6.70. The Bertz CT molecular complexity index is 882. The second kappa shape index (κ2) is 10.5. The van der Waals surface area contributed by atoms with Gasteiger partial charge in [0, 0.05) is 5.02 Å². The van der Waals surface area contributed by atoms with Crippen LogP contribution in [0.5, 0.6) is 5.75 Å². The summed E-state index contributed by atoms with van der Waals surface area (Å²) in [6.07, 6.45) is 4.59. The van der Waals surface area contributed by atoms with Gasteiger partial charge < -0.3 is 4.74 Å². The summed E-state index contributed by atoms with van der Waals surface area (Å²) in [5.41, 5.74) is 1.92. The van der Waals surface area contributed by atoms with Crippen LogP contribution in [0, 0.1) is 0 Å². The molecule has 29 heavy (non-hydrogen) atoms. The van der Waals surface area contributed by atoms with Crippen molar-refractivity contribution in [1.29, 1.82) is 0 Å². The van der Waals surface area contributed by atoms with Crippen LogP contribution in [-0.2, 0) is 11.3 Å². The van der Waals surface area contributed by atoms with Crippen molar-refractivity contribution in [2.45, 2.75) is 38.0 Å². The van der Waals surface area contributed by atoms with Gasteiger partial charge in [0.15, 0.2) is 5.17 Å². The highest BCUT2D eigenvalue weighted by Gasteiger charge is 2.37. The van der Waals surface area contributed by atoms with Crippen LogP contribution in [0.1, 0.15) is 37.3 Å². The highest BCUT2D eigenvalue weighted by molar-refractivity contribution is 8.15. The number of hydrogen-bond acceptors (Lipinski definition) is 5. The van der Waals surface area contributed by atoms with Gasteiger partial charge in [0.1, 0.15) is 5.75 Å². The molecule has 0 spiro atoms. The van der Waals surface area contributed by atoms with Crippen molar-refractivity contribution in [3.05, 3.63) is 64.7 Å². The molecule has 2 aromatic carbocycles. The Morgan fingerprint density at radius 2 is 1.90 bits per heavy atom. The minimum absolute atomic E-state index is 0.0970. The molecule has 1 atom stereocenters. The summed E-state index contributed by atoms with van der Waals surface area (Å²) in [6.45, 7) is 2.60. The molecule has 0 bridgehead atoms. The Labute approximate surface area is 180 Å². The first-order valence-electron chi connectivity index (χ1n) is 9.58. The van der Waals surface area contributed by atoms with Crippen LogP contribution in [0.2, 0.25) is 5.02 Å². The van der Waals surface area contributed by atoms with E-state index in [2.05, 4.69) is 17.1 Å². The van der Waals surface area contributed by atoms with E-state index in [-0.39, 0.29) is 11.2 Å². The van der Waals surface area contributed by atoms with Gasteiger partial charge in [0.25, 0.3) is 0 Å². The first-order valence-corrected chi connectivity index (χ1v) is 10.8. The molecule has 1 heterocycles. The zero-order chi connectivity index (χ0) is 20.6. The lowest BCUT2D eigenvalue weighted by atomic mass is 10.1. The number of carbonyl (C=O) groups excluding carboxylic acids is 1.